The second kappa shape index (κ2) is 7.40. The molecule has 0 saturated heterocycles. The highest BCUT2D eigenvalue weighted by atomic mass is 19.1. The number of hydrogen-bond acceptors (Lipinski definition) is 1. The van der Waals surface area contributed by atoms with Gasteiger partial charge in [0.1, 0.15) is 11.6 Å². The minimum atomic E-state index is -0.136. The van der Waals surface area contributed by atoms with E-state index in [0.717, 1.165) is 24.3 Å². The molecule has 1 unspecified atom stereocenters. The fourth-order valence-corrected chi connectivity index (χ4v) is 1.82. The van der Waals surface area contributed by atoms with Gasteiger partial charge in [-0.05, 0) is 43.2 Å². The maximum absolute atomic E-state index is 13.7. The van der Waals surface area contributed by atoms with Gasteiger partial charge in [-0.3, -0.25) is 0 Å². The topological polar surface area (TPSA) is 9.23 Å². The van der Waals surface area contributed by atoms with E-state index in [1.807, 2.05) is 26.8 Å². The zero-order chi connectivity index (χ0) is 13.5. The van der Waals surface area contributed by atoms with Gasteiger partial charge in [-0.25, -0.2) is 4.39 Å². The summed E-state index contributed by atoms with van der Waals surface area (Å²) in [7, 11) is 0. The van der Waals surface area contributed by atoms with Crippen LogP contribution in [-0.4, -0.2) is 6.61 Å². The number of ether oxygens (including phenoxy) is 1. The fourth-order valence-electron chi connectivity index (χ4n) is 1.82. The van der Waals surface area contributed by atoms with Crippen LogP contribution in [0.25, 0.3) is 0 Å². The summed E-state index contributed by atoms with van der Waals surface area (Å²) in [6.45, 7) is 8.86. The van der Waals surface area contributed by atoms with E-state index in [9.17, 15) is 4.39 Å². The molecule has 0 heterocycles. The van der Waals surface area contributed by atoms with Crippen molar-refractivity contribution < 1.29 is 9.13 Å². The molecular formula is C16H25FO. The first-order valence-electron chi connectivity index (χ1n) is 7.13. The third-order valence-corrected chi connectivity index (χ3v) is 3.29. The maximum atomic E-state index is 13.7. The molecule has 0 aromatic heterocycles. The molecule has 1 aliphatic carbocycles. The highest BCUT2D eigenvalue weighted by Gasteiger charge is 2.23. The van der Waals surface area contributed by atoms with E-state index in [1.54, 1.807) is 6.07 Å². The van der Waals surface area contributed by atoms with Crippen LogP contribution in [0.15, 0.2) is 18.2 Å². The van der Waals surface area contributed by atoms with Crippen LogP contribution in [0.4, 0.5) is 4.39 Å². The molecule has 0 radical (unpaired) electrons. The van der Waals surface area contributed by atoms with Crippen LogP contribution >= 0.6 is 0 Å². The summed E-state index contributed by atoms with van der Waals surface area (Å²) in [5.74, 6) is 1.52. The lowest BCUT2D eigenvalue weighted by molar-refractivity contribution is 0.293. The first-order valence-corrected chi connectivity index (χ1v) is 7.13. The van der Waals surface area contributed by atoms with Gasteiger partial charge in [0.15, 0.2) is 0 Å². The molecule has 1 saturated carbocycles. The Bertz CT molecular complexity index is 358. The SMILES string of the molecule is CC.CCC(C)c1c(F)cccc1OCC1CC1. The predicted molar refractivity (Wildman–Crippen MR) is 74.7 cm³/mol. The van der Waals surface area contributed by atoms with Crippen LogP contribution < -0.4 is 4.74 Å². The summed E-state index contributed by atoms with van der Waals surface area (Å²) >= 11 is 0. The molecule has 2 heteroatoms. The van der Waals surface area contributed by atoms with Crippen LogP contribution in [0.5, 0.6) is 5.75 Å². The number of halogens is 1. The Morgan fingerprint density at radius 2 is 2.00 bits per heavy atom. The van der Waals surface area contributed by atoms with Crippen LogP contribution in [0.2, 0.25) is 0 Å². The average Bonchev–Trinajstić information content (AvgIpc) is 3.22. The first-order chi connectivity index (χ1) is 8.72. The third-order valence-electron chi connectivity index (χ3n) is 3.29. The summed E-state index contributed by atoms with van der Waals surface area (Å²) in [5, 5.41) is 0. The zero-order valence-electron chi connectivity index (χ0n) is 12.0. The van der Waals surface area contributed by atoms with Crippen molar-refractivity contribution in [3.05, 3.63) is 29.6 Å². The normalized spacial score (nSPS) is 15.6. The van der Waals surface area contributed by atoms with Crippen LogP contribution in [0.1, 0.15) is 58.4 Å². The molecule has 1 aliphatic rings. The summed E-state index contributed by atoms with van der Waals surface area (Å²) in [5.41, 5.74) is 0.741. The van der Waals surface area contributed by atoms with Gasteiger partial charge in [0.05, 0.1) is 6.61 Å². The molecular weight excluding hydrogens is 227 g/mol. The lowest BCUT2D eigenvalue weighted by atomic mass is 9.97. The maximum Gasteiger partial charge on any atom is 0.130 e. The summed E-state index contributed by atoms with van der Waals surface area (Å²) < 4.78 is 19.5. The van der Waals surface area contributed by atoms with Crippen molar-refractivity contribution in [3.63, 3.8) is 0 Å². The molecule has 1 fully saturated rings. The van der Waals surface area contributed by atoms with Crippen molar-refractivity contribution in [1.82, 2.24) is 0 Å². The lowest BCUT2D eigenvalue weighted by Gasteiger charge is -2.16. The van der Waals surface area contributed by atoms with Gasteiger partial charge in [-0.15, -0.1) is 0 Å². The lowest BCUT2D eigenvalue weighted by Crippen LogP contribution is -2.05. The summed E-state index contributed by atoms with van der Waals surface area (Å²) in [4.78, 5) is 0. The number of hydrogen-bond donors (Lipinski definition) is 0. The molecule has 1 aromatic rings. The monoisotopic (exact) mass is 252 g/mol. The molecule has 0 amide bonds. The van der Waals surface area contributed by atoms with Crippen molar-refractivity contribution in [3.8, 4) is 5.75 Å². The molecule has 0 N–H and O–H groups in total. The summed E-state index contributed by atoms with van der Waals surface area (Å²) in [6, 6.07) is 5.13. The van der Waals surface area contributed by atoms with Crippen LogP contribution in [-0.2, 0) is 0 Å². The Morgan fingerprint density at radius 1 is 1.33 bits per heavy atom. The van der Waals surface area contributed by atoms with Gasteiger partial charge in [0.2, 0.25) is 0 Å². The predicted octanol–water partition coefficient (Wildman–Crippen LogP) is 5.15. The van der Waals surface area contributed by atoms with Gasteiger partial charge >= 0.3 is 0 Å². The quantitative estimate of drug-likeness (QED) is 0.703. The molecule has 1 aromatic carbocycles. The molecule has 102 valence electrons. The van der Waals surface area contributed by atoms with Gasteiger partial charge in [-0.2, -0.15) is 0 Å². The molecule has 0 spiro atoms. The van der Waals surface area contributed by atoms with Crippen molar-refractivity contribution >= 4 is 0 Å². The molecule has 0 bridgehead atoms. The highest BCUT2D eigenvalue weighted by Crippen LogP contribution is 2.34. The van der Waals surface area contributed by atoms with Crippen LogP contribution in [0, 0.1) is 11.7 Å². The Balaban J connectivity index is 0.000000771. The van der Waals surface area contributed by atoms with Gasteiger partial charge in [-0.1, -0.05) is 33.8 Å². The van der Waals surface area contributed by atoms with Crippen molar-refractivity contribution in [2.75, 3.05) is 6.61 Å². The third kappa shape index (κ3) is 4.01. The standard InChI is InChI=1S/C14H19FO.C2H6/c1-3-10(2)14-12(15)5-4-6-13(14)16-9-11-7-8-11;1-2/h4-6,10-11H,3,7-9H2,1-2H3;1-2H3. The minimum Gasteiger partial charge on any atom is -0.493 e. The van der Waals surface area contributed by atoms with E-state index >= 15 is 0 Å². The Hall–Kier alpha value is -1.05. The van der Waals surface area contributed by atoms with Crippen molar-refractivity contribution in [2.45, 2.75) is 52.9 Å². The average molecular weight is 252 g/mol. The van der Waals surface area contributed by atoms with E-state index in [2.05, 4.69) is 6.92 Å². The summed E-state index contributed by atoms with van der Waals surface area (Å²) in [6.07, 6.45) is 3.45. The first kappa shape index (κ1) is 15.0. The fraction of sp³-hybridized carbons (Fsp3) is 0.625. The largest absolute Gasteiger partial charge is 0.493 e. The Kier molecular flexibility index (Phi) is 6.17. The molecule has 1 nitrogen and oxygen atoms in total. The number of rotatable bonds is 5. The molecule has 0 aliphatic heterocycles. The van der Waals surface area contributed by atoms with E-state index in [4.69, 9.17) is 4.74 Å². The zero-order valence-corrected chi connectivity index (χ0v) is 12.0. The second-order valence-electron chi connectivity index (χ2n) is 4.72. The van der Waals surface area contributed by atoms with E-state index in [-0.39, 0.29) is 11.7 Å². The Labute approximate surface area is 110 Å². The minimum absolute atomic E-state index is 0.136. The van der Waals surface area contributed by atoms with Gasteiger partial charge < -0.3 is 4.74 Å². The van der Waals surface area contributed by atoms with E-state index < -0.39 is 0 Å². The van der Waals surface area contributed by atoms with Gasteiger partial charge in [0, 0.05) is 5.56 Å². The molecule has 2 rings (SSSR count). The molecule has 18 heavy (non-hydrogen) atoms. The van der Waals surface area contributed by atoms with E-state index in [0.29, 0.717) is 5.92 Å². The van der Waals surface area contributed by atoms with Crippen molar-refractivity contribution in [1.29, 1.82) is 0 Å². The Morgan fingerprint density at radius 3 is 2.56 bits per heavy atom. The number of benzene rings is 1. The smallest absolute Gasteiger partial charge is 0.130 e. The van der Waals surface area contributed by atoms with E-state index in [1.165, 1.54) is 18.9 Å². The van der Waals surface area contributed by atoms with Crippen LogP contribution in [0.3, 0.4) is 0 Å². The molecule has 1 atom stereocenters. The second-order valence-corrected chi connectivity index (χ2v) is 4.72. The van der Waals surface area contributed by atoms with Crippen molar-refractivity contribution in [2.24, 2.45) is 5.92 Å². The highest BCUT2D eigenvalue weighted by molar-refractivity contribution is 5.37. The van der Waals surface area contributed by atoms with Gasteiger partial charge in [0.25, 0.3) is 0 Å².